The van der Waals surface area contributed by atoms with E-state index in [4.69, 9.17) is 14.1 Å². The number of halogens is 3. The van der Waals surface area contributed by atoms with Crippen molar-refractivity contribution in [3.05, 3.63) is 63.7 Å². The molecule has 0 atom stereocenters. The van der Waals surface area contributed by atoms with Crippen molar-refractivity contribution < 1.29 is 28.0 Å². The van der Waals surface area contributed by atoms with Crippen LogP contribution in [-0.4, -0.2) is 57.3 Å². The van der Waals surface area contributed by atoms with E-state index in [1.165, 1.54) is 13.2 Å². The number of hydrogen-bond acceptors (Lipinski definition) is 6. The first-order valence-corrected chi connectivity index (χ1v) is 13.3. The number of hydrogen-bond donors (Lipinski definition) is 2. The average Bonchev–Trinajstić information content (AvgIpc) is 3.44. The Kier molecular flexibility index (Phi) is 8.59. The molecule has 1 aromatic carbocycles. The molecule has 0 saturated carbocycles. The van der Waals surface area contributed by atoms with Crippen molar-refractivity contribution in [1.29, 1.82) is 0 Å². The Balaban J connectivity index is 1.58. The highest BCUT2D eigenvalue weighted by Crippen LogP contribution is 2.34. The minimum Gasteiger partial charge on any atom is -0.494 e. The van der Waals surface area contributed by atoms with Crippen LogP contribution >= 0.6 is 15.9 Å². The van der Waals surface area contributed by atoms with E-state index in [1.54, 1.807) is 58.0 Å². The number of fused-ring (bicyclic) bond motifs is 1. The summed E-state index contributed by atoms with van der Waals surface area (Å²) in [6, 6.07) is 3.02. The van der Waals surface area contributed by atoms with Crippen molar-refractivity contribution >= 4 is 39.9 Å². The molecule has 0 bridgehead atoms. The lowest BCUT2D eigenvalue weighted by Crippen LogP contribution is -2.49. The van der Waals surface area contributed by atoms with Gasteiger partial charge in [0.25, 0.3) is 0 Å². The molecule has 8 nitrogen and oxygen atoms in total. The number of nitrogens with zero attached hydrogens (tertiary/aromatic N) is 3. The number of ether oxygens (including phenoxy) is 2. The molecule has 0 radical (unpaired) electrons. The number of pyridine rings is 1. The summed E-state index contributed by atoms with van der Waals surface area (Å²) >= 11 is 3.37. The molecule has 4 rings (SSSR count). The van der Waals surface area contributed by atoms with Crippen LogP contribution in [-0.2, 0) is 18.1 Å². The molecule has 4 aromatic rings. The number of rotatable bonds is 9. The van der Waals surface area contributed by atoms with E-state index in [1.807, 2.05) is 6.07 Å². The highest BCUT2D eigenvalue weighted by Gasteiger charge is 2.35. The lowest BCUT2D eigenvalue weighted by Gasteiger charge is -2.37. The Morgan fingerprint density at radius 3 is 2.55 bits per heavy atom. The average molecular weight is 615 g/mol. The summed E-state index contributed by atoms with van der Waals surface area (Å²) < 4.78 is 49.8. The fourth-order valence-electron chi connectivity index (χ4n) is 3.78. The van der Waals surface area contributed by atoms with Crippen molar-refractivity contribution in [2.24, 2.45) is 7.05 Å². The number of benzene rings is 1. The standard InChI is InChI=1S/C28H30BBrF2N4O4/c1-27(2,37)28(3,4)40-29-17-11-18-16(13-33-26(18)34-14-17)10-19-24(31)22(38-6)12-23(25(19)32)39-9-7-8-21-20(30)15-36(5)35-21/h11-15,29,37H,9-10H2,1-6H3,(H,33,34). The zero-order valence-corrected chi connectivity index (χ0v) is 24.7. The van der Waals surface area contributed by atoms with Crippen molar-refractivity contribution in [1.82, 2.24) is 19.7 Å². The molecule has 0 aliphatic rings. The third-order valence-electron chi connectivity index (χ3n) is 6.85. The third-order valence-corrected chi connectivity index (χ3v) is 7.43. The lowest BCUT2D eigenvalue weighted by atomic mass is 9.83. The van der Waals surface area contributed by atoms with Gasteiger partial charge in [-0.1, -0.05) is 12.0 Å². The van der Waals surface area contributed by atoms with E-state index >= 15 is 8.78 Å². The van der Waals surface area contributed by atoms with Crippen molar-refractivity contribution in [3.8, 4) is 23.3 Å². The normalized spacial score (nSPS) is 11.8. The summed E-state index contributed by atoms with van der Waals surface area (Å²) in [6.07, 6.45) is 5.00. The maximum atomic E-state index is 15.5. The largest absolute Gasteiger partial charge is 0.494 e. The monoisotopic (exact) mass is 614 g/mol. The molecule has 3 aromatic heterocycles. The van der Waals surface area contributed by atoms with Crippen LogP contribution in [0.5, 0.6) is 11.5 Å². The van der Waals surface area contributed by atoms with E-state index in [-0.39, 0.29) is 37.6 Å². The highest BCUT2D eigenvalue weighted by molar-refractivity contribution is 9.10. The highest BCUT2D eigenvalue weighted by atomic mass is 79.9. The first kappa shape index (κ1) is 29.6. The van der Waals surface area contributed by atoms with Gasteiger partial charge in [-0.2, -0.15) is 5.10 Å². The molecular weight excluding hydrogens is 585 g/mol. The van der Waals surface area contributed by atoms with E-state index in [2.05, 4.69) is 42.8 Å². The minimum atomic E-state index is -1.06. The predicted molar refractivity (Wildman–Crippen MR) is 153 cm³/mol. The Labute approximate surface area is 240 Å². The minimum absolute atomic E-state index is 0.0844. The molecule has 0 unspecified atom stereocenters. The Bertz CT molecular complexity index is 1600. The summed E-state index contributed by atoms with van der Waals surface area (Å²) in [6.45, 7) is 6.82. The SMILES string of the molecule is COc1cc(OCC#Cc2nn(C)cc2Br)c(F)c(Cc2c[nH]c3ncc(BOC(C)(C)C(C)(C)O)cc23)c1F. The number of aryl methyl sites for hydroxylation is 1. The molecule has 0 amide bonds. The van der Waals surface area contributed by atoms with Crippen LogP contribution < -0.4 is 14.9 Å². The van der Waals surface area contributed by atoms with Gasteiger partial charge in [0.1, 0.15) is 17.9 Å². The fraction of sp³-hybridized carbons (Fsp3) is 0.357. The molecule has 0 aliphatic heterocycles. The number of H-pyrrole nitrogens is 1. The predicted octanol–water partition coefficient (Wildman–Crippen LogP) is 3.91. The van der Waals surface area contributed by atoms with Crippen molar-refractivity contribution in [2.75, 3.05) is 13.7 Å². The molecule has 210 valence electrons. The van der Waals surface area contributed by atoms with E-state index < -0.39 is 22.8 Å². The molecule has 0 fully saturated rings. The molecule has 0 spiro atoms. The van der Waals surface area contributed by atoms with Crippen LogP contribution in [0.15, 0.2) is 35.2 Å². The molecule has 0 aliphatic carbocycles. The Morgan fingerprint density at radius 2 is 1.90 bits per heavy atom. The van der Waals surface area contributed by atoms with E-state index in [9.17, 15) is 5.11 Å². The lowest BCUT2D eigenvalue weighted by molar-refractivity contribution is -0.0893. The van der Waals surface area contributed by atoms with Crippen LogP contribution in [0, 0.1) is 23.5 Å². The summed E-state index contributed by atoms with van der Waals surface area (Å²) in [5, 5.41) is 15.3. The first-order chi connectivity index (χ1) is 18.8. The van der Waals surface area contributed by atoms with Crippen molar-refractivity contribution in [2.45, 2.75) is 45.3 Å². The summed E-state index contributed by atoms with van der Waals surface area (Å²) in [7, 11) is 3.27. The summed E-state index contributed by atoms with van der Waals surface area (Å²) in [4.78, 5) is 7.47. The smallest absolute Gasteiger partial charge is 0.311 e. The van der Waals surface area contributed by atoms with E-state index in [0.29, 0.717) is 22.3 Å². The van der Waals surface area contributed by atoms with Gasteiger partial charge in [-0.15, -0.1) is 0 Å². The Hall–Kier alpha value is -3.40. The van der Waals surface area contributed by atoms with Gasteiger partial charge >= 0.3 is 7.48 Å². The molecular formula is C28H30BBrF2N4O4. The second kappa shape index (κ2) is 11.6. The number of aliphatic hydroxyl groups is 1. The van der Waals surface area contributed by atoms with Crippen LogP contribution in [0.1, 0.15) is 44.5 Å². The van der Waals surface area contributed by atoms with Gasteiger partial charge in [-0.25, -0.2) is 13.8 Å². The van der Waals surface area contributed by atoms with Crippen LogP contribution in [0.4, 0.5) is 8.78 Å². The molecule has 3 heterocycles. The van der Waals surface area contributed by atoms with Crippen LogP contribution in [0.3, 0.4) is 0 Å². The topological polar surface area (TPSA) is 94.4 Å². The van der Waals surface area contributed by atoms with Gasteiger partial charge in [-0.05, 0) is 60.6 Å². The van der Waals surface area contributed by atoms with Gasteiger partial charge in [0.15, 0.2) is 23.1 Å². The second-order valence-electron chi connectivity index (χ2n) is 10.4. The maximum Gasteiger partial charge on any atom is 0.311 e. The number of aromatic amines is 1. The molecule has 2 N–H and O–H groups in total. The first-order valence-electron chi connectivity index (χ1n) is 12.5. The van der Waals surface area contributed by atoms with Crippen LogP contribution in [0.25, 0.3) is 11.0 Å². The molecule has 0 saturated heterocycles. The Morgan fingerprint density at radius 1 is 1.18 bits per heavy atom. The fourth-order valence-corrected chi connectivity index (χ4v) is 4.26. The van der Waals surface area contributed by atoms with Gasteiger partial charge in [0.2, 0.25) is 0 Å². The molecule has 40 heavy (non-hydrogen) atoms. The summed E-state index contributed by atoms with van der Waals surface area (Å²) in [5.41, 5.74) is 0.376. The summed E-state index contributed by atoms with van der Waals surface area (Å²) in [5.74, 6) is 3.66. The number of aromatic nitrogens is 4. The van der Waals surface area contributed by atoms with Gasteiger partial charge < -0.3 is 24.2 Å². The number of methoxy groups -OCH3 is 1. The van der Waals surface area contributed by atoms with Gasteiger partial charge in [-0.3, -0.25) is 4.68 Å². The molecule has 12 heteroatoms. The zero-order chi connectivity index (χ0) is 29.2. The van der Waals surface area contributed by atoms with Crippen molar-refractivity contribution in [3.63, 3.8) is 0 Å². The number of nitrogens with one attached hydrogen (secondary N) is 1. The van der Waals surface area contributed by atoms with Gasteiger partial charge in [0, 0.05) is 49.1 Å². The van der Waals surface area contributed by atoms with E-state index in [0.717, 1.165) is 9.94 Å². The van der Waals surface area contributed by atoms with Crippen LogP contribution in [0.2, 0.25) is 0 Å². The third kappa shape index (κ3) is 6.32. The quantitative estimate of drug-likeness (QED) is 0.219. The second-order valence-corrected chi connectivity index (χ2v) is 11.2. The maximum absolute atomic E-state index is 15.5. The van der Waals surface area contributed by atoms with Gasteiger partial charge in [0.05, 0.1) is 22.8 Å². The zero-order valence-electron chi connectivity index (χ0n) is 23.2.